The molecule has 1 aromatic heterocycles. The van der Waals surface area contributed by atoms with Crippen molar-refractivity contribution in [3.8, 4) is 28.6 Å². The van der Waals surface area contributed by atoms with Crippen LogP contribution in [0.15, 0.2) is 87.2 Å². The predicted molar refractivity (Wildman–Crippen MR) is 180 cm³/mol. The molecule has 0 amide bonds. The van der Waals surface area contributed by atoms with Crippen LogP contribution in [-0.4, -0.2) is 29.1 Å². The van der Waals surface area contributed by atoms with Gasteiger partial charge in [0, 0.05) is 15.6 Å². The Labute approximate surface area is 270 Å². The Morgan fingerprint density at radius 3 is 2.40 bits per heavy atom. The van der Waals surface area contributed by atoms with Gasteiger partial charge in [-0.15, -0.1) is 0 Å². The van der Waals surface area contributed by atoms with E-state index in [4.69, 9.17) is 19.2 Å². The van der Waals surface area contributed by atoms with Gasteiger partial charge in [0.25, 0.3) is 5.56 Å². The van der Waals surface area contributed by atoms with Crippen LogP contribution in [0.25, 0.3) is 22.3 Å². The van der Waals surface area contributed by atoms with Gasteiger partial charge in [-0.3, -0.25) is 4.79 Å². The maximum absolute atomic E-state index is 13.9. The van der Waals surface area contributed by atoms with E-state index in [0.717, 1.165) is 22.4 Å². The van der Waals surface area contributed by atoms with E-state index in [2.05, 4.69) is 34.9 Å². The average molecular weight is 673 g/mol. The highest BCUT2D eigenvalue weighted by Crippen LogP contribution is 2.36. The van der Waals surface area contributed by atoms with Crippen LogP contribution in [0.2, 0.25) is 0 Å². The van der Waals surface area contributed by atoms with Gasteiger partial charge in [0.2, 0.25) is 0 Å². The van der Waals surface area contributed by atoms with Crippen LogP contribution in [0.4, 0.5) is 4.39 Å². The number of rotatable bonds is 11. The minimum absolute atomic E-state index is 0.166. The zero-order chi connectivity index (χ0) is 32.1. The Kier molecular flexibility index (Phi) is 9.98. The molecule has 0 fully saturated rings. The molecule has 0 saturated carbocycles. The van der Waals surface area contributed by atoms with Gasteiger partial charge in [-0.2, -0.15) is 9.78 Å². The Balaban J connectivity index is 1.60. The molecule has 45 heavy (non-hydrogen) atoms. The third-order valence-corrected chi connectivity index (χ3v) is 7.92. The molecule has 0 spiro atoms. The number of halogens is 2. The summed E-state index contributed by atoms with van der Waals surface area (Å²) in [6.45, 7) is 11.1. The highest BCUT2D eigenvalue weighted by molar-refractivity contribution is 9.10. The Hall–Kier alpha value is -4.50. The topological polar surface area (TPSA) is 74.9 Å². The van der Waals surface area contributed by atoms with Crippen molar-refractivity contribution in [2.75, 3.05) is 13.2 Å². The van der Waals surface area contributed by atoms with E-state index in [0.29, 0.717) is 57.0 Å². The van der Waals surface area contributed by atoms with E-state index < -0.39 is 0 Å². The van der Waals surface area contributed by atoms with Crippen molar-refractivity contribution >= 4 is 33.0 Å². The van der Waals surface area contributed by atoms with E-state index in [1.807, 2.05) is 51.1 Å². The Morgan fingerprint density at radius 1 is 0.933 bits per heavy atom. The molecule has 0 aliphatic carbocycles. The molecule has 232 valence electrons. The third-order valence-electron chi connectivity index (χ3n) is 7.23. The van der Waals surface area contributed by atoms with Crippen molar-refractivity contribution in [3.63, 3.8) is 0 Å². The lowest BCUT2D eigenvalue weighted by atomic mass is 9.96. The van der Waals surface area contributed by atoms with E-state index >= 15 is 0 Å². The summed E-state index contributed by atoms with van der Waals surface area (Å²) in [6, 6.07) is 21.1. The summed E-state index contributed by atoms with van der Waals surface area (Å²) >= 11 is 3.62. The van der Waals surface area contributed by atoms with Crippen molar-refractivity contribution in [1.82, 2.24) is 9.66 Å². The molecule has 0 radical (unpaired) electrons. The van der Waals surface area contributed by atoms with Crippen molar-refractivity contribution in [2.24, 2.45) is 5.10 Å². The molecule has 5 rings (SSSR count). The second-order valence-electron chi connectivity index (χ2n) is 10.8. The summed E-state index contributed by atoms with van der Waals surface area (Å²) < 4.78 is 33.5. The SMILES string of the molecule is CCOc1cc(C=Nn2c(-c3cc(C(C)C)c(OCC)cc3C)nc3ccccc3c2=O)c(Br)cc1OCc1cccc(F)c1. The average Bonchev–Trinajstić information content (AvgIpc) is 3.01. The number of aromatic nitrogens is 2. The molecule has 0 saturated heterocycles. The van der Waals surface area contributed by atoms with Crippen LogP contribution in [0.1, 0.15) is 55.9 Å². The summed E-state index contributed by atoms with van der Waals surface area (Å²) in [6.07, 6.45) is 1.59. The first-order valence-electron chi connectivity index (χ1n) is 14.9. The number of aryl methyl sites for hydroxylation is 1. The Bertz CT molecular complexity index is 1940. The molecule has 5 aromatic rings. The van der Waals surface area contributed by atoms with Crippen molar-refractivity contribution in [3.05, 3.63) is 116 Å². The number of ether oxygens (including phenoxy) is 3. The monoisotopic (exact) mass is 671 g/mol. The number of benzene rings is 4. The number of fused-ring (bicyclic) bond motifs is 1. The first-order chi connectivity index (χ1) is 21.7. The van der Waals surface area contributed by atoms with Gasteiger partial charge in [-0.05, 0) is 108 Å². The second-order valence-corrected chi connectivity index (χ2v) is 11.6. The fourth-order valence-corrected chi connectivity index (χ4v) is 5.44. The highest BCUT2D eigenvalue weighted by atomic mass is 79.9. The van der Waals surface area contributed by atoms with Crippen molar-refractivity contribution < 1.29 is 18.6 Å². The summed E-state index contributed by atoms with van der Waals surface area (Å²) in [4.78, 5) is 18.8. The van der Waals surface area contributed by atoms with Gasteiger partial charge in [-0.1, -0.05) is 38.1 Å². The van der Waals surface area contributed by atoms with Crippen molar-refractivity contribution in [2.45, 2.75) is 47.1 Å². The Morgan fingerprint density at radius 2 is 1.67 bits per heavy atom. The molecule has 7 nitrogen and oxygen atoms in total. The number of hydrogen-bond acceptors (Lipinski definition) is 6. The largest absolute Gasteiger partial charge is 0.494 e. The first kappa shape index (κ1) is 31.9. The van der Waals surface area contributed by atoms with Crippen LogP contribution in [0.3, 0.4) is 0 Å². The maximum Gasteiger partial charge on any atom is 0.282 e. The van der Waals surface area contributed by atoms with Gasteiger partial charge in [-0.25, -0.2) is 9.37 Å². The van der Waals surface area contributed by atoms with E-state index in [9.17, 15) is 9.18 Å². The zero-order valence-electron chi connectivity index (χ0n) is 25.9. The van der Waals surface area contributed by atoms with E-state index in [1.54, 1.807) is 36.5 Å². The lowest BCUT2D eigenvalue weighted by Gasteiger charge is -2.18. The quantitative estimate of drug-likeness (QED) is 0.131. The molecular weight excluding hydrogens is 637 g/mol. The van der Waals surface area contributed by atoms with Gasteiger partial charge in [0.05, 0.1) is 30.3 Å². The molecular formula is C36H35BrFN3O4. The minimum Gasteiger partial charge on any atom is -0.494 e. The molecule has 9 heteroatoms. The molecule has 4 aromatic carbocycles. The number of para-hydroxylation sites is 1. The molecule has 0 atom stereocenters. The van der Waals surface area contributed by atoms with E-state index in [1.165, 1.54) is 16.8 Å². The lowest BCUT2D eigenvalue weighted by Crippen LogP contribution is -2.21. The zero-order valence-corrected chi connectivity index (χ0v) is 27.5. The van der Waals surface area contributed by atoms with Crippen LogP contribution < -0.4 is 19.8 Å². The van der Waals surface area contributed by atoms with Gasteiger partial charge in [0.15, 0.2) is 17.3 Å². The van der Waals surface area contributed by atoms with Gasteiger partial charge >= 0.3 is 0 Å². The molecule has 0 bridgehead atoms. The molecule has 0 aliphatic heterocycles. The van der Waals surface area contributed by atoms with Crippen molar-refractivity contribution in [1.29, 1.82) is 0 Å². The fourth-order valence-electron chi connectivity index (χ4n) is 5.01. The van der Waals surface area contributed by atoms with Crippen LogP contribution in [0, 0.1) is 12.7 Å². The standard InChI is InChI=1S/C36H35BrFN3O4/c1-6-43-32-15-23(5)29(18-28(32)22(3)4)35-40-31-14-9-8-13-27(31)36(42)41(35)39-20-25-17-33(44-7-2)34(19-30(25)37)45-21-24-11-10-12-26(38)16-24/h8-20,22H,6-7,21H2,1-5H3. The first-order valence-corrected chi connectivity index (χ1v) is 15.7. The molecule has 0 unspecified atom stereocenters. The number of nitrogens with zero attached hydrogens (tertiary/aromatic N) is 3. The number of hydrogen-bond donors (Lipinski definition) is 0. The maximum atomic E-state index is 13.9. The summed E-state index contributed by atoms with van der Waals surface area (Å²) in [5, 5.41) is 5.15. The van der Waals surface area contributed by atoms with Gasteiger partial charge in [0.1, 0.15) is 18.2 Å². The second kappa shape index (κ2) is 14.1. The van der Waals surface area contributed by atoms with Crippen LogP contribution in [-0.2, 0) is 6.61 Å². The smallest absolute Gasteiger partial charge is 0.282 e. The van der Waals surface area contributed by atoms with Gasteiger partial charge < -0.3 is 14.2 Å². The minimum atomic E-state index is -0.326. The molecule has 1 heterocycles. The summed E-state index contributed by atoms with van der Waals surface area (Å²) in [7, 11) is 0. The molecule has 0 N–H and O–H groups in total. The molecule has 0 aliphatic rings. The predicted octanol–water partition coefficient (Wildman–Crippen LogP) is 8.66. The van der Waals surface area contributed by atoms with Crippen LogP contribution in [0.5, 0.6) is 17.2 Å². The lowest BCUT2D eigenvalue weighted by molar-refractivity contribution is 0.269. The third kappa shape index (κ3) is 7.09. The fraction of sp³-hybridized carbons (Fsp3) is 0.250. The van der Waals surface area contributed by atoms with Crippen LogP contribution >= 0.6 is 15.9 Å². The van der Waals surface area contributed by atoms with E-state index in [-0.39, 0.29) is 23.9 Å². The highest BCUT2D eigenvalue weighted by Gasteiger charge is 2.19. The summed E-state index contributed by atoms with van der Waals surface area (Å²) in [5.41, 5.74) is 4.37. The summed E-state index contributed by atoms with van der Waals surface area (Å²) in [5.74, 6) is 2.08. The normalized spacial score (nSPS) is 11.5.